The van der Waals surface area contributed by atoms with Crippen LogP contribution in [0.15, 0.2) is 18.2 Å². The van der Waals surface area contributed by atoms with Gasteiger partial charge in [-0.1, -0.05) is 23.8 Å². The molecule has 0 spiro atoms. The van der Waals surface area contributed by atoms with Crippen LogP contribution in [0.2, 0.25) is 5.02 Å². The average Bonchev–Trinajstić information content (AvgIpc) is 2.25. The first-order valence-electron chi connectivity index (χ1n) is 4.69. The maximum atomic E-state index is 11.7. The number of carbonyl (C=O) groups is 1. The maximum absolute atomic E-state index is 11.7. The second-order valence-electron chi connectivity index (χ2n) is 3.24. The Morgan fingerprint density at radius 1 is 1.50 bits per heavy atom. The van der Waals surface area contributed by atoms with Crippen LogP contribution in [0.4, 0.5) is 0 Å². The summed E-state index contributed by atoms with van der Waals surface area (Å²) in [5.74, 6) is 0.518. The molecule has 5 heteroatoms. The van der Waals surface area contributed by atoms with Gasteiger partial charge in [-0.3, -0.25) is 4.79 Å². The van der Waals surface area contributed by atoms with Crippen LogP contribution in [-0.2, 0) is 0 Å². The highest BCUT2D eigenvalue weighted by atomic mass is 35.5. The number of thiocarbonyl (C=S) groups is 1. The van der Waals surface area contributed by atoms with Gasteiger partial charge in [0.1, 0.15) is 5.75 Å². The molecule has 1 rings (SSSR count). The highest BCUT2D eigenvalue weighted by Gasteiger charge is 2.09. The van der Waals surface area contributed by atoms with Crippen LogP contribution in [0.25, 0.3) is 0 Å². The van der Waals surface area contributed by atoms with Crippen LogP contribution in [-0.4, -0.2) is 17.9 Å². The van der Waals surface area contributed by atoms with Gasteiger partial charge in [0, 0.05) is 18.4 Å². The summed E-state index contributed by atoms with van der Waals surface area (Å²) in [5, 5.41) is 0.420. The third-order valence-corrected chi connectivity index (χ3v) is 2.57. The number of ether oxygens (including phenoxy) is 1. The predicted molar refractivity (Wildman–Crippen MR) is 68.4 cm³/mol. The van der Waals surface area contributed by atoms with E-state index in [9.17, 15) is 4.79 Å². The first kappa shape index (κ1) is 12.9. The second-order valence-corrected chi connectivity index (χ2v) is 4.17. The molecule has 0 unspecified atom stereocenters. The number of benzene rings is 1. The molecule has 0 aliphatic carbocycles. The standard InChI is InChI=1S/C11H12ClNO2S/c1-15-10-4-2-7(6-8(10)12)9(14)3-5-11(13)16/h2,4,6H,3,5H2,1H3,(H2,13,16). The van der Waals surface area contributed by atoms with Crippen molar-refractivity contribution in [2.24, 2.45) is 5.73 Å². The van der Waals surface area contributed by atoms with Crippen LogP contribution in [0.3, 0.4) is 0 Å². The Kier molecular flexibility index (Phi) is 4.71. The summed E-state index contributed by atoms with van der Waals surface area (Å²) in [5.41, 5.74) is 5.87. The molecule has 86 valence electrons. The van der Waals surface area contributed by atoms with Crippen LogP contribution < -0.4 is 10.5 Å². The van der Waals surface area contributed by atoms with Crippen molar-refractivity contribution in [1.82, 2.24) is 0 Å². The summed E-state index contributed by atoms with van der Waals surface area (Å²) in [6.45, 7) is 0. The Labute approximate surface area is 105 Å². The third-order valence-electron chi connectivity index (χ3n) is 2.07. The van der Waals surface area contributed by atoms with Crippen LogP contribution in [0, 0.1) is 0 Å². The molecule has 0 aromatic heterocycles. The van der Waals surface area contributed by atoms with E-state index in [0.717, 1.165) is 0 Å². The van der Waals surface area contributed by atoms with Crippen LogP contribution in [0.5, 0.6) is 5.75 Å². The van der Waals surface area contributed by atoms with Gasteiger partial charge in [0.05, 0.1) is 17.1 Å². The minimum absolute atomic E-state index is 0.0302. The maximum Gasteiger partial charge on any atom is 0.163 e. The predicted octanol–water partition coefficient (Wildman–Crippen LogP) is 2.60. The number of halogens is 1. The molecule has 0 aliphatic heterocycles. The van der Waals surface area contributed by atoms with Gasteiger partial charge in [-0.15, -0.1) is 0 Å². The van der Waals surface area contributed by atoms with Crippen molar-refractivity contribution in [2.75, 3.05) is 7.11 Å². The van der Waals surface area contributed by atoms with Crippen molar-refractivity contribution in [1.29, 1.82) is 0 Å². The van der Waals surface area contributed by atoms with Crippen molar-refractivity contribution in [2.45, 2.75) is 12.8 Å². The molecule has 0 amide bonds. The summed E-state index contributed by atoms with van der Waals surface area (Å²) < 4.78 is 4.99. The molecule has 0 saturated heterocycles. The summed E-state index contributed by atoms with van der Waals surface area (Å²) in [4.78, 5) is 12.0. The van der Waals surface area contributed by atoms with Gasteiger partial charge in [0.2, 0.25) is 0 Å². The van der Waals surface area contributed by atoms with E-state index >= 15 is 0 Å². The lowest BCUT2D eigenvalue weighted by Gasteiger charge is -2.05. The highest BCUT2D eigenvalue weighted by Crippen LogP contribution is 2.25. The second kappa shape index (κ2) is 5.82. The van der Waals surface area contributed by atoms with Gasteiger partial charge in [-0.2, -0.15) is 0 Å². The topological polar surface area (TPSA) is 52.3 Å². The van der Waals surface area contributed by atoms with Gasteiger partial charge in [-0.25, -0.2) is 0 Å². The van der Waals surface area contributed by atoms with E-state index in [0.29, 0.717) is 34.2 Å². The molecule has 0 fully saturated rings. The monoisotopic (exact) mass is 257 g/mol. The van der Waals surface area contributed by atoms with E-state index in [-0.39, 0.29) is 5.78 Å². The molecule has 1 aromatic carbocycles. The molecular weight excluding hydrogens is 246 g/mol. The molecule has 0 aliphatic rings. The summed E-state index contributed by atoms with van der Waals surface area (Å²) in [6.07, 6.45) is 0.718. The van der Waals surface area contributed by atoms with Crippen molar-refractivity contribution in [3.05, 3.63) is 28.8 Å². The molecule has 3 nitrogen and oxygen atoms in total. The van der Waals surface area contributed by atoms with Gasteiger partial charge >= 0.3 is 0 Å². The lowest BCUT2D eigenvalue weighted by atomic mass is 10.1. The van der Waals surface area contributed by atoms with Crippen molar-refractivity contribution >= 4 is 34.6 Å². The van der Waals surface area contributed by atoms with Crippen molar-refractivity contribution in [3.8, 4) is 5.75 Å². The average molecular weight is 258 g/mol. The summed E-state index contributed by atoms with van der Waals surface area (Å²) >= 11 is 10.6. The van der Waals surface area contributed by atoms with Gasteiger partial charge in [0.15, 0.2) is 5.78 Å². The Morgan fingerprint density at radius 3 is 2.69 bits per heavy atom. The van der Waals surface area contributed by atoms with Gasteiger partial charge < -0.3 is 10.5 Å². The van der Waals surface area contributed by atoms with Crippen LogP contribution >= 0.6 is 23.8 Å². The molecular formula is C11H12ClNO2S. The van der Waals surface area contributed by atoms with E-state index in [4.69, 9.17) is 34.3 Å². The number of Topliss-reactive ketones (excluding diaryl/α,β-unsaturated/α-hetero) is 1. The first-order valence-corrected chi connectivity index (χ1v) is 5.48. The van der Waals surface area contributed by atoms with Crippen molar-refractivity contribution in [3.63, 3.8) is 0 Å². The zero-order valence-corrected chi connectivity index (χ0v) is 10.4. The minimum Gasteiger partial charge on any atom is -0.495 e. The lowest BCUT2D eigenvalue weighted by Crippen LogP contribution is -2.10. The van der Waals surface area contributed by atoms with Crippen LogP contribution in [0.1, 0.15) is 23.2 Å². The minimum atomic E-state index is -0.0302. The number of ketones is 1. The fourth-order valence-corrected chi connectivity index (χ4v) is 1.58. The Balaban J connectivity index is 2.77. The van der Waals surface area contributed by atoms with E-state index in [1.807, 2.05) is 0 Å². The molecule has 0 saturated carbocycles. The van der Waals surface area contributed by atoms with Crippen molar-refractivity contribution < 1.29 is 9.53 Å². The first-order chi connectivity index (χ1) is 7.54. The molecule has 1 aromatic rings. The van der Waals surface area contributed by atoms with Gasteiger partial charge in [0.25, 0.3) is 0 Å². The number of hydrogen-bond donors (Lipinski definition) is 1. The number of methoxy groups -OCH3 is 1. The number of carbonyl (C=O) groups excluding carboxylic acids is 1. The largest absolute Gasteiger partial charge is 0.495 e. The molecule has 0 bridgehead atoms. The lowest BCUT2D eigenvalue weighted by molar-refractivity contribution is 0.0985. The highest BCUT2D eigenvalue weighted by molar-refractivity contribution is 7.80. The Hall–Kier alpha value is -1.13. The number of nitrogens with two attached hydrogens (primary N) is 1. The normalized spacial score (nSPS) is 9.88. The molecule has 16 heavy (non-hydrogen) atoms. The molecule has 0 atom stereocenters. The fraction of sp³-hybridized carbons (Fsp3) is 0.273. The molecule has 0 radical (unpaired) electrons. The van der Waals surface area contributed by atoms with E-state index < -0.39 is 0 Å². The number of rotatable bonds is 5. The molecule has 2 N–H and O–H groups in total. The zero-order valence-electron chi connectivity index (χ0n) is 8.83. The Bertz CT molecular complexity index is 420. The SMILES string of the molecule is COc1ccc(C(=O)CCC(N)=S)cc1Cl. The van der Waals surface area contributed by atoms with E-state index in [1.165, 1.54) is 7.11 Å². The summed E-state index contributed by atoms with van der Waals surface area (Å²) in [7, 11) is 1.52. The zero-order chi connectivity index (χ0) is 12.1. The fourth-order valence-electron chi connectivity index (χ4n) is 1.22. The molecule has 0 heterocycles. The Morgan fingerprint density at radius 2 is 2.19 bits per heavy atom. The quantitative estimate of drug-likeness (QED) is 0.651. The third kappa shape index (κ3) is 3.47. The smallest absolute Gasteiger partial charge is 0.163 e. The van der Waals surface area contributed by atoms with E-state index in [2.05, 4.69) is 0 Å². The van der Waals surface area contributed by atoms with E-state index in [1.54, 1.807) is 18.2 Å². The van der Waals surface area contributed by atoms with Gasteiger partial charge in [-0.05, 0) is 18.2 Å². The summed E-state index contributed by atoms with van der Waals surface area (Å²) in [6, 6.07) is 4.92. The number of hydrogen-bond acceptors (Lipinski definition) is 3.